The van der Waals surface area contributed by atoms with Gasteiger partial charge in [0.1, 0.15) is 18.3 Å². The van der Waals surface area contributed by atoms with Gasteiger partial charge in [-0.05, 0) is 0 Å². The monoisotopic (exact) mass is 221 g/mol. The minimum atomic E-state index is -1.24. The summed E-state index contributed by atoms with van der Waals surface area (Å²) in [5.41, 5.74) is 3.41. The highest BCUT2D eigenvalue weighted by molar-refractivity contribution is 4.87. The van der Waals surface area contributed by atoms with Crippen LogP contribution in [0.3, 0.4) is 0 Å². The maximum absolute atomic E-state index is 9.25. The van der Waals surface area contributed by atoms with E-state index in [0.29, 0.717) is 0 Å². The molecule has 0 bridgehead atoms. The Bertz CT molecular complexity index is 155. The number of aliphatic hydroxyl groups is 4. The van der Waals surface area contributed by atoms with E-state index in [0.717, 1.165) is 0 Å². The molecule has 0 saturated carbocycles. The van der Waals surface area contributed by atoms with Gasteiger partial charge < -0.3 is 43.3 Å². The average Bonchev–Trinajstić information content (AvgIpc) is 2.08. The molecule has 1 aliphatic rings. The van der Waals surface area contributed by atoms with E-state index in [-0.39, 0.29) is 12.4 Å². The molecule has 1 heterocycles. The second kappa shape index (κ2) is 5.06. The molecule has 5 atom stereocenters. The first-order valence-electron chi connectivity index (χ1n) is 3.71. The van der Waals surface area contributed by atoms with Gasteiger partial charge in [0.15, 0.2) is 6.04 Å². The van der Waals surface area contributed by atoms with E-state index in [2.05, 4.69) is 5.73 Å². The first-order valence-corrected chi connectivity index (χ1v) is 3.71. The highest BCUT2D eigenvalue weighted by Crippen LogP contribution is 2.16. The van der Waals surface area contributed by atoms with Gasteiger partial charge in [-0.1, -0.05) is 0 Å². The van der Waals surface area contributed by atoms with Gasteiger partial charge in [-0.25, -0.2) is 0 Å². The third-order valence-corrected chi connectivity index (χ3v) is 2.03. The first kappa shape index (κ1) is 13.1. The molecule has 0 amide bonds. The normalized spacial score (nSPS) is 45.5. The molecule has 0 aromatic carbocycles. The maximum Gasteiger partial charge on any atom is 0.211 e. The van der Waals surface area contributed by atoms with E-state index in [1.165, 1.54) is 0 Å². The molecule has 6 nitrogen and oxygen atoms in total. The van der Waals surface area contributed by atoms with Crippen LogP contribution in [0.5, 0.6) is 0 Å². The van der Waals surface area contributed by atoms with Crippen LogP contribution >= 0.6 is 0 Å². The fourth-order valence-corrected chi connectivity index (χ4v) is 1.15. The van der Waals surface area contributed by atoms with E-state index >= 15 is 0 Å². The van der Waals surface area contributed by atoms with Crippen molar-refractivity contribution in [3.63, 3.8) is 0 Å². The summed E-state index contributed by atoms with van der Waals surface area (Å²) >= 11 is 0. The molecule has 7 heteroatoms. The van der Waals surface area contributed by atoms with Gasteiger partial charge in [0, 0.05) is 0 Å². The van der Waals surface area contributed by atoms with Crippen LogP contribution in [-0.2, 0) is 4.74 Å². The number of ether oxygens (including phenoxy) is 1. The summed E-state index contributed by atoms with van der Waals surface area (Å²) in [7, 11) is 0. The topological polar surface area (TPSA) is 118 Å². The minimum Gasteiger partial charge on any atom is -1.00 e. The molecule has 13 heavy (non-hydrogen) atoms. The molecular formula is C6H14ClNO5. The zero-order valence-electron chi connectivity index (χ0n) is 6.88. The van der Waals surface area contributed by atoms with E-state index in [1.54, 1.807) is 0 Å². The zero-order valence-corrected chi connectivity index (χ0v) is 7.63. The van der Waals surface area contributed by atoms with Crippen LogP contribution in [-0.4, -0.2) is 57.7 Å². The zero-order chi connectivity index (χ0) is 9.30. The quantitative estimate of drug-likeness (QED) is 0.282. The highest BCUT2D eigenvalue weighted by atomic mass is 35.5. The van der Waals surface area contributed by atoms with Gasteiger partial charge >= 0.3 is 0 Å². The summed E-state index contributed by atoms with van der Waals surface area (Å²) in [6.45, 7) is -0.442. The molecule has 0 aliphatic carbocycles. The predicted octanol–water partition coefficient (Wildman–Crippen LogP) is -6.97. The van der Waals surface area contributed by atoms with Crippen LogP contribution in [0.15, 0.2) is 0 Å². The number of quaternary nitrogens is 1. The van der Waals surface area contributed by atoms with Crippen molar-refractivity contribution < 1.29 is 43.3 Å². The van der Waals surface area contributed by atoms with Gasteiger partial charge in [0.05, 0.1) is 6.61 Å². The van der Waals surface area contributed by atoms with Crippen LogP contribution in [0.25, 0.3) is 0 Å². The molecular weight excluding hydrogens is 207 g/mol. The lowest BCUT2D eigenvalue weighted by Crippen LogP contribution is -3.00. The summed E-state index contributed by atoms with van der Waals surface area (Å²) in [6.07, 6.45) is -4.53. The SMILES string of the molecule is [Cl-].[NH3+][13CH]1[13CH](O)O[13CH]([13CH2]O)[13CH](O)[13CH]1O. The standard InChI is InChI=1S/C6H13NO5.ClH/c7-3-5(10)4(9)2(1-8)12-6(3)11;/h2-6,8-11H,1,7H2;1H/i1+1,2+1,3+1,4+1,5+1,6+1;. The van der Waals surface area contributed by atoms with Crippen molar-refractivity contribution in [2.75, 3.05) is 6.61 Å². The maximum atomic E-state index is 9.25. The smallest absolute Gasteiger partial charge is 0.211 e. The Morgan fingerprint density at radius 1 is 1.15 bits per heavy atom. The molecule has 1 rings (SSSR count). The number of rotatable bonds is 1. The second-order valence-electron chi connectivity index (χ2n) is 2.89. The van der Waals surface area contributed by atoms with Crippen LogP contribution in [0, 0.1) is 0 Å². The van der Waals surface area contributed by atoms with Crippen molar-refractivity contribution in [1.29, 1.82) is 0 Å². The van der Waals surface area contributed by atoms with Crippen molar-refractivity contribution in [2.24, 2.45) is 0 Å². The molecule has 7 N–H and O–H groups in total. The highest BCUT2D eigenvalue weighted by Gasteiger charge is 2.43. The molecule has 1 aliphatic heterocycles. The van der Waals surface area contributed by atoms with E-state index in [1.807, 2.05) is 0 Å². The Labute approximate surface area is 81.3 Å². The van der Waals surface area contributed by atoms with Gasteiger partial charge in [0.25, 0.3) is 0 Å². The van der Waals surface area contributed by atoms with Crippen molar-refractivity contribution in [3.8, 4) is 0 Å². The Morgan fingerprint density at radius 2 is 1.69 bits per heavy atom. The fraction of sp³-hybridized carbons (Fsp3) is 1.00. The van der Waals surface area contributed by atoms with Crippen LogP contribution in [0.1, 0.15) is 0 Å². The lowest BCUT2D eigenvalue weighted by atomic mass is 10.9. The van der Waals surface area contributed by atoms with Crippen LogP contribution in [0.2, 0.25) is 0 Å². The van der Waals surface area contributed by atoms with Crippen molar-refractivity contribution in [3.05, 3.63) is 0 Å². The largest absolute Gasteiger partial charge is 1.00 e. The lowest BCUT2D eigenvalue weighted by Gasteiger charge is -2.36. The van der Waals surface area contributed by atoms with Gasteiger partial charge in [-0.2, -0.15) is 0 Å². The van der Waals surface area contributed by atoms with Crippen LogP contribution in [0.4, 0.5) is 0 Å². The minimum absolute atomic E-state index is 0. The number of hydrogen-bond acceptors (Lipinski definition) is 5. The Hall–Kier alpha value is 0.0500. The second-order valence-corrected chi connectivity index (χ2v) is 2.89. The Kier molecular flexibility index (Phi) is 5.08. The van der Waals surface area contributed by atoms with Crippen LogP contribution < -0.4 is 18.1 Å². The molecule has 0 aromatic heterocycles. The average molecular weight is 222 g/mol. The van der Waals surface area contributed by atoms with E-state index < -0.39 is 37.3 Å². The Morgan fingerprint density at radius 3 is 2.15 bits per heavy atom. The lowest BCUT2D eigenvalue weighted by molar-refractivity contribution is -0.497. The van der Waals surface area contributed by atoms with Crippen molar-refractivity contribution in [2.45, 2.75) is 30.6 Å². The molecule has 0 spiro atoms. The summed E-state index contributed by atoms with van der Waals surface area (Å²) in [5, 5.41) is 36.3. The molecule has 80 valence electrons. The summed E-state index contributed by atoms with van der Waals surface area (Å²) in [5.74, 6) is 0. The number of aliphatic hydroxyl groups excluding tert-OH is 4. The van der Waals surface area contributed by atoms with E-state index in [4.69, 9.17) is 14.9 Å². The fourth-order valence-electron chi connectivity index (χ4n) is 1.15. The molecule has 5 unspecified atom stereocenters. The van der Waals surface area contributed by atoms with Gasteiger partial charge in [-0.3, -0.25) is 0 Å². The summed E-state index contributed by atoms with van der Waals surface area (Å²) in [6, 6.07) is -0.789. The number of hydrogen-bond donors (Lipinski definition) is 5. The first-order chi connectivity index (χ1) is 5.57. The molecule has 1 saturated heterocycles. The van der Waals surface area contributed by atoms with Crippen molar-refractivity contribution >= 4 is 0 Å². The van der Waals surface area contributed by atoms with Gasteiger partial charge in [0.2, 0.25) is 6.29 Å². The predicted molar refractivity (Wildman–Crippen MR) is 36.7 cm³/mol. The summed E-state index contributed by atoms with van der Waals surface area (Å²) < 4.78 is 4.76. The molecule has 0 aromatic rings. The third kappa shape index (κ3) is 2.50. The Balaban J connectivity index is 0.00000144. The molecule has 1 fully saturated rings. The number of halogens is 1. The van der Waals surface area contributed by atoms with Crippen molar-refractivity contribution in [1.82, 2.24) is 0 Å². The third-order valence-electron chi connectivity index (χ3n) is 2.03. The van der Waals surface area contributed by atoms with E-state index in [9.17, 15) is 10.2 Å². The summed E-state index contributed by atoms with van der Waals surface area (Å²) in [4.78, 5) is 0. The molecule has 0 radical (unpaired) electrons. The van der Waals surface area contributed by atoms with Gasteiger partial charge in [-0.15, -0.1) is 0 Å².